The summed E-state index contributed by atoms with van der Waals surface area (Å²) in [4.78, 5) is 29.8. The zero-order valence-corrected chi connectivity index (χ0v) is 11.0. The Bertz CT molecular complexity index is 557. The molecule has 0 unspecified atom stereocenters. The first-order chi connectivity index (χ1) is 9.96. The van der Waals surface area contributed by atoms with Gasteiger partial charge in [0, 0.05) is 7.11 Å². The molecular formula is C10H16N4O7. The maximum Gasteiger partial charge on any atom is 0.352 e. The van der Waals surface area contributed by atoms with Gasteiger partial charge in [-0.25, -0.2) is 9.59 Å². The van der Waals surface area contributed by atoms with Gasteiger partial charge in [-0.3, -0.25) is 9.97 Å². The molecule has 0 saturated carbocycles. The van der Waals surface area contributed by atoms with Crippen molar-refractivity contribution >= 4 is 5.95 Å². The van der Waals surface area contributed by atoms with E-state index in [-0.39, 0.29) is 5.95 Å². The average Bonchev–Trinajstić information content (AvgIpc) is 2.43. The molecule has 118 valence electrons. The molecule has 1 aromatic rings. The van der Waals surface area contributed by atoms with E-state index in [1.807, 2.05) is 4.98 Å². The minimum Gasteiger partial charge on any atom is -0.394 e. The van der Waals surface area contributed by atoms with Crippen molar-refractivity contribution in [2.45, 2.75) is 30.6 Å². The quantitative estimate of drug-likeness (QED) is 0.328. The lowest BCUT2D eigenvalue weighted by Crippen LogP contribution is -2.61. The molecule has 0 amide bonds. The standard InChI is InChI=1S/C10H16N4O7/c1-20-7-4(6(17)5(16)3(2-15)21-7)11-8-12-9(18)14-10(19)13-8/h3-7,15-17H,2H2,1H3,(H3,11,12,13,14,18,19)/t3-,4+,5+,6-,7-/m1/s1. The lowest BCUT2D eigenvalue weighted by atomic mass is 9.97. The Balaban J connectivity index is 2.23. The Morgan fingerprint density at radius 3 is 2.62 bits per heavy atom. The Kier molecular flexibility index (Phi) is 4.69. The largest absolute Gasteiger partial charge is 0.394 e. The number of hydrogen-bond acceptors (Lipinski definition) is 9. The number of aromatic nitrogens is 3. The second-order valence-electron chi connectivity index (χ2n) is 4.46. The van der Waals surface area contributed by atoms with E-state index in [4.69, 9.17) is 14.6 Å². The normalized spacial score (nSPS) is 32.9. The topological polar surface area (TPSA) is 170 Å². The number of H-pyrrole nitrogens is 2. The molecule has 0 spiro atoms. The van der Waals surface area contributed by atoms with Crippen LogP contribution in [-0.2, 0) is 9.47 Å². The van der Waals surface area contributed by atoms with E-state index in [0.29, 0.717) is 0 Å². The number of anilines is 1. The van der Waals surface area contributed by atoms with Crippen LogP contribution in [0.25, 0.3) is 0 Å². The second-order valence-corrected chi connectivity index (χ2v) is 4.46. The van der Waals surface area contributed by atoms with Crippen LogP contribution < -0.4 is 16.7 Å². The molecule has 1 aromatic heterocycles. The van der Waals surface area contributed by atoms with Crippen LogP contribution in [0.3, 0.4) is 0 Å². The van der Waals surface area contributed by atoms with E-state index >= 15 is 0 Å². The van der Waals surface area contributed by atoms with Crippen LogP contribution in [0, 0.1) is 0 Å². The minimum atomic E-state index is -1.38. The zero-order valence-electron chi connectivity index (χ0n) is 11.0. The number of nitrogens with one attached hydrogen (secondary N) is 3. The summed E-state index contributed by atoms with van der Waals surface area (Å²) in [5.74, 6) is -0.215. The summed E-state index contributed by atoms with van der Waals surface area (Å²) in [6, 6.07) is -1.02. The molecule has 6 N–H and O–H groups in total. The monoisotopic (exact) mass is 304 g/mol. The van der Waals surface area contributed by atoms with E-state index in [1.54, 1.807) is 0 Å². The van der Waals surface area contributed by atoms with Gasteiger partial charge in [-0.15, -0.1) is 0 Å². The van der Waals surface area contributed by atoms with Crippen LogP contribution in [-0.4, -0.2) is 74.6 Å². The molecule has 0 aromatic carbocycles. The summed E-state index contributed by atoms with van der Waals surface area (Å²) in [5, 5.41) is 31.5. The molecule has 1 fully saturated rings. The molecule has 1 saturated heterocycles. The Morgan fingerprint density at radius 1 is 1.33 bits per heavy atom. The van der Waals surface area contributed by atoms with Crippen molar-refractivity contribution < 1.29 is 24.8 Å². The average molecular weight is 304 g/mol. The molecule has 5 atom stereocenters. The van der Waals surface area contributed by atoms with Crippen molar-refractivity contribution in [2.75, 3.05) is 19.0 Å². The van der Waals surface area contributed by atoms with Gasteiger partial charge in [0.2, 0.25) is 5.95 Å². The van der Waals surface area contributed by atoms with Crippen molar-refractivity contribution in [3.8, 4) is 0 Å². The van der Waals surface area contributed by atoms with Crippen molar-refractivity contribution in [2.24, 2.45) is 0 Å². The fraction of sp³-hybridized carbons (Fsp3) is 0.700. The lowest BCUT2D eigenvalue weighted by Gasteiger charge is -2.41. The highest BCUT2D eigenvalue weighted by atomic mass is 16.7. The highest BCUT2D eigenvalue weighted by molar-refractivity contribution is 5.25. The van der Waals surface area contributed by atoms with Gasteiger partial charge in [-0.2, -0.15) is 4.98 Å². The smallest absolute Gasteiger partial charge is 0.352 e. The van der Waals surface area contributed by atoms with E-state index in [9.17, 15) is 19.8 Å². The van der Waals surface area contributed by atoms with Gasteiger partial charge in [-0.1, -0.05) is 0 Å². The SMILES string of the molecule is CO[C@@H]1O[C@H](CO)[C@H](O)[C@H](O)[C@@H]1Nc1nc(=O)[nH]c(=O)[nH]1. The molecule has 11 nitrogen and oxygen atoms in total. The Hall–Kier alpha value is -1.79. The first-order valence-corrected chi connectivity index (χ1v) is 6.08. The van der Waals surface area contributed by atoms with E-state index < -0.39 is 48.6 Å². The molecule has 1 aliphatic heterocycles. The number of hydrogen-bond donors (Lipinski definition) is 6. The van der Waals surface area contributed by atoms with Crippen LogP contribution in [0.2, 0.25) is 0 Å². The predicted octanol–water partition coefficient (Wildman–Crippen LogP) is -3.68. The van der Waals surface area contributed by atoms with E-state index in [0.717, 1.165) is 0 Å². The molecule has 1 aliphatic rings. The highest BCUT2D eigenvalue weighted by Gasteiger charge is 2.44. The van der Waals surface area contributed by atoms with E-state index in [1.165, 1.54) is 7.11 Å². The Morgan fingerprint density at radius 2 is 2.05 bits per heavy atom. The summed E-state index contributed by atoms with van der Waals surface area (Å²) >= 11 is 0. The van der Waals surface area contributed by atoms with Gasteiger partial charge in [-0.05, 0) is 0 Å². The fourth-order valence-electron chi connectivity index (χ4n) is 2.06. The fourth-order valence-corrected chi connectivity index (χ4v) is 2.06. The van der Waals surface area contributed by atoms with Crippen LogP contribution in [0.4, 0.5) is 5.95 Å². The Labute approximate surface area is 117 Å². The summed E-state index contributed by atoms with van der Waals surface area (Å²) in [6.45, 7) is -0.509. The number of aromatic amines is 2. The first kappa shape index (κ1) is 15.6. The maximum absolute atomic E-state index is 11.1. The van der Waals surface area contributed by atoms with Gasteiger partial charge < -0.3 is 30.1 Å². The highest BCUT2D eigenvalue weighted by Crippen LogP contribution is 2.23. The minimum absolute atomic E-state index is 0.215. The van der Waals surface area contributed by atoms with Gasteiger partial charge in [0.15, 0.2) is 6.29 Å². The van der Waals surface area contributed by atoms with Crippen LogP contribution in [0.15, 0.2) is 9.59 Å². The number of ether oxygens (including phenoxy) is 2. The molecule has 2 heterocycles. The molecule has 2 rings (SSSR count). The summed E-state index contributed by atoms with van der Waals surface area (Å²) in [5.41, 5.74) is -1.67. The molecular weight excluding hydrogens is 288 g/mol. The first-order valence-electron chi connectivity index (χ1n) is 6.08. The number of nitrogens with zero attached hydrogens (tertiary/aromatic N) is 1. The lowest BCUT2D eigenvalue weighted by molar-refractivity contribution is -0.254. The molecule has 0 radical (unpaired) electrons. The van der Waals surface area contributed by atoms with Gasteiger partial charge >= 0.3 is 11.4 Å². The third kappa shape index (κ3) is 3.28. The predicted molar refractivity (Wildman–Crippen MR) is 67.7 cm³/mol. The van der Waals surface area contributed by atoms with Crippen molar-refractivity contribution in [1.29, 1.82) is 0 Å². The molecule has 0 bridgehead atoms. The van der Waals surface area contributed by atoms with E-state index in [2.05, 4.69) is 15.3 Å². The third-order valence-corrected chi connectivity index (χ3v) is 3.08. The van der Waals surface area contributed by atoms with Crippen molar-refractivity contribution in [1.82, 2.24) is 15.0 Å². The summed E-state index contributed by atoms with van der Waals surface area (Å²) in [6.07, 6.45) is -4.82. The van der Waals surface area contributed by atoms with Crippen molar-refractivity contribution in [3.63, 3.8) is 0 Å². The number of methoxy groups -OCH3 is 1. The molecule has 21 heavy (non-hydrogen) atoms. The number of aliphatic hydroxyl groups excluding tert-OH is 3. The summed E-state index contributed by atoms with van der Waals surface area (Å²) in [7, 11) is 1.30. The summed E-state index contributed by atoms with van der Waals surface area (Å²) < 4.78 is 10.3. The molecule has 0 aliphatic carbocycles. The van der Waals surface area contributed by atoms with Gasteiger partial charge in [0.05, 0.1) is 6.61 Å². The third-order valence-electron chi connectivity index (χ3n) is 3.08. The van der Waals surface area contributed by atoms with Crippen LogP contribution in [0.1, 0.15) is 0 Å². The van der Waals surface area contributed by atoms with Crippen molar-refractivity contribution in [3.05, 3.63) is 21.0 Å². The van der Waals surface area contributed by atoms with Gasteiger partial charge in [0.25, 0.3) is 0 Å². The van der Waals surface area contributed by atoms with Crippen LogP contribution >= 0.6 is 0 Å². The number of rotatable bonds is 4. The van der Waals surface area contributed by atoms with Gasteiger partial charge in [0.1, 0.15) is 24.4 Å². The second kappa shape index (κ2) is 6.32. The zero-order chi connectivity index (χ0) is 15.6. The maximum atomic E-state index is 11.1. The van der Waals surface area contributed by atoms with Crippen LogP contribution in [0.5, 0.6) is 0 Å². The number of aliphatic hydroxyl groups is 3. The molecule has 11 heteroatoms.